The predicted octanol–water partition coefficient (Wildman–Crippen LogP) is 11.5. The molecule has 33 nitrogen and oxygen atoms in total. The van der Waals surface area contributed by atoms with Crippen LogP contribution in [-0.4, -0.2) is 344 Å². The van der Waals surface area contributed by atoms with Gasteiger partial charge in [-0.3, -0.25) is 22.1 Å². The van der Waals surface area contributed by atoms with Crippen LogP contribution in [0.15, 0.2) is 56.2 Å². The molecule has 9 fully saturated rings. The maximum absolute atomic E-state index is 11.8. The monoisotopic (exact) mass is 2100 g/mol. The number of aliphatic hydroxyl groups excluding tert-OH is 4. The predicted molar refractivity (Wildman–Crippen MR) is 547 cm³/mol. The second kappa shape index (κ2) is 53.8. The Morgan fingerprint density at radius 2 is 0.811 bits per heavy atom. The summed E-state index contributed by atoms with van der Waals surface area (Å²) in [7, 11) is -18.9. The summed E-state index contributed by atoms with van der Waals surface area (Å²) in [5.41, 5.74) is 3.68. The second-order valence-electron chi connectivity index (χ2n) is 39.3. The summed E-state index contributed by atoms with van der Waals surface area (Å²) in [4.78, 5) is 15.7. The quantitative estimate of drug-likeness (QED) is 0.0568. The molecule has 12 rings (SSSR count). The first-order valence-electron chi connectivity index (χ1n) is 47.0. The van der Waals surface area contributed by atoms with E-state index in [0.29, 0.717) is 128 Å². The molecule has 9 saturated heterocycles. The third kappa shape index (κ3) is 30.2. The van der Waals surface area contributed by atoms with Crippen molar-refractivity contribution in [1.29, 1.82) is 0 Å². The number of ether oxygens (including phenoxy) is 7. The minimum absolute atomic E-state index is 0. The van der Waals surface area contributed by atoms with Gasteiger partial charge in [-0.25, -0.2) is 23.4 Å². The molecule has 0 aromatic carbocycles. The van der Waals surface area contributed by atoms with Crippen LogP contribution in [0.3, 0.4) is 0 Å². The minimum Gasteiger partial charge on any atom is -0.462 e. The first-order chi connectivity index (χ1) is 60.9. The third-order valence-electron chi connectivity index (χ3n) is 26.0. The van der Waals surface area contributed by atoms with Crippen LogP contribution in [0, 0.1) is 0 Å². The van der Waals surface area contributed by atoms with Crippen LogP contribution in [-0.2, 0) is 99.1 Å². The van der Waals surface area contributed by atoms with Gasteiger partial charge in [0.25, 0.3) is 15.5 Å². The Bertz CT molecular complexity index is 3990. The van der Waals surface area contributed by atoms with Crippen molar-refractivity contribution in [3.05, 3.63) is 56.2 Å². The zero-order valence-corrected chi connectivity index (χ0v) is 95.3. The Labute approximate surface area is 821 Å². The van der Waals surface area contributed by atoms with E-state index >= 15 is 0 Å². The number of aromatic nitrogens is 6. The standard InChI is InChI=1S/C23H45NO6S2Si2.C22H40N2O5SSi2.C18H40O5Si2.C11H19NO5S2.C7H6N4S.C5H10O2S.2H2O/c1-15(2)33(16(3)4)26-14-20-22(29-34(30-33,17(5)6)18(7)8)21(19(9)27-20)28-23(31)24-10-12-32(25)13-11-24;1-14(2)31(15(3)4)25-12-19-21(28-32(29-31,16(5)6)17(7)8)20(18(9)26-19)27-22(30)24-11-10-23-13-24;1-11(2)24(12(3)4)23-25(13(5)6,14(7)8)22-18-16(10-19)21-15(9)17(18)20;1-7-10(9(14)8(6-13)16-7)17-11(18)12-2-4-19(15)5-3-12;12-7(10-3-1-8-5-10)11-4-2-9-6-11;6-8(7)4-2-1-3-5-8;;/h15-22H,10-14H2,1-9H3;10-11,13-21H,12H2,1-9H3;11-20,24H,10H2,1-9H3;7-10,13-14H,2-6H2,1H3;1-6H;1-5H2;2*1H2/t19-,20+,21+,22?;18-,19+,20+,21?;15-,16+,17+,18?;7-,8+,9?,10+;;;;/m0000..../s1. The van der Waals surface area contributed by atoms with Crippen molar-refractivity contribution in [3.8, 4) is 0 Å². The number of sulfone groups is 1. The van der Waals surface area contributed by atoms with Gasteiger partial charge in [0.2, 0.25) is 0 Å². The van der Waals surface area contributed by atoms with Crippen molar-refractivity contribution in [2.24, 2.45) is 0 Å². The van der Waals surface area contributed by atoms with Gasteiger partial charge in [-0.05, 0) is 156 Å². The highest BCUT2D eigenvalue weighted by atomic mass is 32.2. The van der Waals surface area contributed by atoms with E-state index in [9.17, 15) is 32.2 Å². The number of thiocarbonyl (C=S) groups is 4. The van der Waals surface area contributed by atoms with Crippen LogP contribution in [0.2, 0.25) is 66.5 Å². The molecule has 4 unspecified atom stereocenters. The van der Waals surface area contributed by atoms with Crippen molar-refractivity contribution in [2.45, 2.75) is 377 Å². The number of fused-ring (bicyclic) bond motifs is 2. The number of hydrogen-bond donors (Lipinski definition) is 4. The van der Waals surface area contributed by atoms with Crippen molar-refractivity contribution in [3.63, 3.8) is 0 Å². The molecule has 0 amide bonds. The molecule has 132 heavy (non-hydrogen) atoms. The topological polar surface area (TPSA) is 411 Å². The van der Waals surface area contributed by atoms with Gasteiger partial charge in [0, 0.05) is 108 Å². The van der Waals surface area contributed by atoms with Crippen LogP contribution >= 0.6 is 48.9 Å². The third-order valence-corrected chi connectivity index (χ3v) is 61.3. The van der Waals surface area contributed by atoms with Gasteiger partial charge in [0.05, 0.1) is 62.3 Å². The molecule has 46 heteroatoms. The van der Waals surface area contributed by atoms with Crippen LogP contribution in [0.25, 0.3) is 0 Å². The molecule has 0 radical (unpaired) electrons. The molecule has 0 aliphatic carbocycles. The molecular weight excluding hydrogens is 1940 g/mol. The Hall–Kier alpha value is -2.18. The van der Waals surface area contributed by atoms with E-state index in [2.05, 4.69) is 181 Å². The second-order valence-corrected chi connectivity index (χ2v) is 72.6. The van der Waals surface area contributed by atoms with Gasteiger partial charge in [-0.1, -0.05) is 173 Å². The minimum atomic E-state index is -2.76. The lowest BCUT2D eigenvalue weighted by Crippen LogP contribution is -2.66. The van der Waals surface area contributed by atoms with Crippen LogP contribution in [0.5, 0.6) is 0 Å². The highest BCUT2D eigenvalue weighted by molar-refractivity contribution is 7.91. The smallest absolute Gasteiger partial charge is 0.335 e. The summed E-state index contributed by atoms with van der Waals surface area (Å²) >= 11 is 21.5. The van der Waals surface area contributed by atoms with Crippen molar-refractivity contribution in [1.82, 2.24) is 38.5 Å². The maximum Gasteiger partial charge on any atom is 0.335 e. The first-order valence-corrected chi connectivity index (χ1v) is 65.1. The van der Waals surface area contributed by atoms with Gasteiger partial charge in [0.15, 0.2) is 32.5 Å². The lowest BCUT2D eigenvalue weighted by atomic mass is 10.1. The van der Waals surface area contributed by atoms with Crippen molar-refractivity contribution < 1.29 is 116 Å². The Morgan fingerprint density at radius 1 is 0.470 bits per heavy atom. The van der Waals surface area contributed by atoms with E-state index in [0.717, 1.165) is 19.3 Å². The number of rotatable bonds is 21. The summed E-state index contributed by atoms with van der Waals surface area (Å²) in [5.74, 6) is 3.26. The molecule has 9 aliphatic heterocycles. The van der Waals surface area contributed by atoms with Crippen LogP contribution < -0.4 is 0 Å². The fourth-order valence-electron chi connectivity index (χ4n) is 18.5. The molecule has 16 atom stereocenters. The van der Waals surface area contributed by atoms with Gasteiger partial charge >= 0.3 is 42.8 Å². The maximum atomic E-state index is 11.8. The summed E-state index contributed by atoms with van der Waals surface area (Å²) in [6.45, 7) is 63.8. The Morgan fingerprint density at radius 3 is 1.12 bits per heavy atom. The molecule has 0 spiro atoms. The summed E-state index contributed by atoms with van der Waals surface area (Å²) < 4.78 is 148. The van der Waals surface area contributed by atoms with Crippen LogP contribution in [0.1, 0.15) is 213 Å². The largest absolute Gasteiger partial charge is 0.462 e. The summed E-state index contributed by atoms with van der Waals surface area (Å²) in [5, 5.41) is 41.0. The van der Waals surface area contributed by atoms with Gasteiger partial charge in [0.1, 0.15) is 83.8 Å². The highest BCUT2D eigenvalue weighted by Gasteiger charge is 2.65. The van der Waals surface area contributed by atoms with E-state index in [-0.39, 0.29) is 118 Å². The molecule has 3 aromatic rings. The molecule has 0 saturated carbocycles. The normalized spacial score (nSPS) is 28.7. The Kier molecular flexibility index (Phi) is 49.0. The lowest BCUT2D eigenvalue weighted by molar-refractivity contribution is -0.0361. The molecule has 12 heterocycles. The molecular formula is C86H164N8O25S7Si6. The number of imidazole rings is 3. The van der Waals surface area contributed by atoms with Crippen LogP contribution in [0.4, 0.5) is 0 Å². The molecule has 3 aromatic heterocycles. The van der Waals surface area contributed by atoms with E-state index in [1.807, 2.05) is 30.6 Å². The van der Waals surface area contributed by atoms with E-state index in [4.69, 9.17) is 122 Å². The zero-order chi connectivity index (χ0) is 97.2. The Balaban J connectivity index is 0.000000293. The zero-order valence-electron chi connectivity index (χ0n) is 83.4. The fraction of sp³-hybridized carbons (Fsp3) is 0.849. The number of hydrogen-bond acceptors (Lipinski definition) is 30. The van der Waals surface area contributed by atoms with Crippen molar-refractivity contribution in [2.75, 3.05) is 87.1 Å². The summed E-state index contributed by atoms with van der Waals surface area (Å²) in [6.07, 6.45) is 11.6. The molecule has 764 valence electrons. The van der Waals surface area contributed by atoms with Crippen molar-refractivity contribution >= 4 is 153 Å². The summed E-state index contributed by atoms with van der Waals surface area (Å²) in [6, 6.07) is 0. The number of nitrogens with zero attached hydrogens (tertiary/aromatic N) is 8. The van der Waals surface area contributed by atoms with E-state index in [1.165, 1.54) is 0 Å². The highest BCUT2D eigenvalue weighted by Crippen LogP contribution is 2.51. The first kappa shape index (κ1) is 120. The number of aliphatic hydroxyl groups is 4. The van der Waals surface area contributed by atoms with Gasteiger partial charge in [-0.2, -0.15) is 0 Å². The van der Waals surface area contributed by atoms with Gasteiger partial charge in [-0.15, -0.1) is 0 Å². The van der Waals surface area contributed by atoms with E-state index < -0.39 is 120 Å². The molecule has 0 bridgehead atoms. The van der Waals surface area contributed by atoms with E-state index in [1.54, 1.807) is 76.8 Å². The average molecular weight is 2100 g/mol. The fourth-order valence-corrected chi connectivity index (χ4v) is 55.9. The SMILES string of the molecule is CC(C)[SiH](O[Si](OC1[C@@H](CO)O[C@@H](C)[C@H]1O)(C(C)C)C(C)C)C(C)C.CC(C)[Si]1(C(C)C)OC[C@H]2O[C@@H](C)[C@@H](OC(=S)N3CCS(=O)CC3)C2O[Si](C(C)C)(C(C)C)O1.CC(C)[Si]1(C(C)C)OC[C@H]2O[C@@H](C)[C@@H](OC(=S)n3ccnc3)C2O[Si](C(C)C)(C(C)C)O1.C[C@@H]1O[C@H](CO)C(O)[C@@H]1OC(=S)N1CCS(=O)CC1.O.O.O=S1(=O)CCCCC1.S=C(n1ccnc1)n1ccnc1. The molecule has 8 N–H and O–H groups in total. The average Bonchev–Trinajstić information content (AvgIpc) is 1.38. The molecule has 9 aliphatic rings. The van der Waals surface area contributed by atoms with Gasteiger partial charge < -0.3 is 109 Å². The lowest BCUT2D eigenvalue weighted by Gasteiger charge is -2.51.